The van der Waals surface area contributed by atoms with Gasteiger partial charge in [-0.15, -0.1) is 0 Å². The van der Waals surface area contributed by atoms with Crippen LogP contribution in [0.2, 0.25) is 0 Å². The quantitative estimate of drug-likeness (QED) is 0.803. The molecular formula is C18H27NO2. The van der Waals surface area contributed by atoms with Crippen molar-refractivity contribution in [3.63, 3.8) is 0 Å². The number of hydrogen-bond donors (Lipinski definition) is 0. The molecule has 1 aromatic carbocycles. The van der Waals surface area contributed by atoms with Crippen LogP contribution >= 0.6 is 0 Å². The highest BCUT2D eigenvalue weighted by Gasteiger charge is 2.25. The number of rotatable bonds is 6. The predicted octanol–water partition coefficient (Wildman–Crippen LogP) is 3.09. The van der Waals surface area contributed by atoms with E-state index in [-0.39, 0.29) is 0 Å². The number of nitrogens with zero attached hydrogens (tertiary/aromatic N) is 1. The Balaban J connectivity index is 1.33. The van der Waals surface area contributed by atoms with E-state index < -0.39 is 0 Å². The van der Waals surface area contributed by atoms with E-state index in [2.05, 4.69) is 29.2 Å². The van der Waals surface area contributed by atoms with E-state index in [1.807, 2.05) is 6.07 Å². The van der Waals surface area contributed by atoms with Gasteiger partial charge in [-0.05, 0) is 43.7 Å². The van der Waals surface area contributed by atoms with Crippen LogP contribution < -0.4 is 0 Å². The third kappa shape index (κ3) is 4.80. The molecule has 2 unspecified atom stereocenters. The lowest BCUT2D eigenvalue weighted by atomic mass is 10.1. The summed E-state index contributed by atoms with van der Waals surface area (Å²) in [5.41, 5.74) is 1.27. The number of likely N-dealkylation sites (tertiary alicyclic amines) is 1. The van der Waals surface area contributed by atoms with Crippen LogP contribution in [0.1, 0.15) is 31.2 Å². The van der Waals surface area contributed by atoms with E-state index in [1.165, 1.54) is 44.3 Å². The molecule has 0 aliphatic carbocycles. The average Bonchev–Trinajstić information content (AvgIpc) is 2.97. The Morgan fingerprint density at radius 2 is 2.05 bits per heavy atom. The predicted molar refractivity (Wildman–Crippen MR) is 84.2 cm³/mol. The first-order valence-corrected chi connectivity index (χ1v) is 8.36. The van der Waals surface area contributed by atoms with Crippen LogP contribution in [-0.2, 0) is 16.1 Å². The maximum absolute atomic E-state index is 5.88. The summed E-state index contributed by atoms with van der Waals surface area (Å²) in [5, 5.41) is 0. The Morgan fingerprint density at radius 3 is 2.86 bits per heavy atom. The van der Waals surface area contributed by atoms with E-state index >= 15 is 0 Å². The molecule has 21 heavy (non-hydrogen) atoms. The monoisotopic (exact) mass is 289 g/mol. The Morgan fingerprint density at radius 1 is 1.14 bits per heavy atom. The van der Waals surface area contributed by atoms with Gasteiger partial charge in [0.2, 0.25) is 0 Å². The summed E-state index contributed by atoms with van der Waals surface area (Å²) in [4.78, 5) is 2.56. The largest absolute Gasteiger partial charge is 0.377 e. The molecule has 3 heteroatoms. The maximum atomic E-state index is 5.88. The van der Waals surface area contributed by atoms with Gasteiger partial charge >= 0.3 is 0 Å². The normalized spacial score (nSPS) is 27.0. The molecule has 2 saturated heterocycles. The molecule has 0 amide bonds. The zero-order valence-electron chi connectivity index (χ0n) is 12.9. The number of hydrogen-bond acceptors (Lipinski definition) is 3. The van der Waals surface area contributed by atoms with Crippen LogP contribution in [0, 0.1) is 5.92 Å². The first-order valence-electron chi connectivity index (χ1n) is 8.36. The number of benzene rings is 1. The minimum atomic E-state index is 0.475. The second kappa shape index (κ2) is 7.92. The van der Waals surface area contributed by atoms with Crippen LogP contribution in [0.3, 0.4) is 0 Å². The van der Waals surface area contributed by atoms with Crippen molar-refractivity contribution in [2.24, 2.45) is 5.92 Å². The summed E-state index contributed by atoms with van der Waals surface area (Å²) >= 11 is 0. The van der Waals surface area contributed by atoms with Crippen LogP contribution in [0.5, 0.6) is 0 Å². The van der Waals surface area contributed by atoms with Crippen LogP contribution in [0.15, 0.2) is 30.3 Å². The smallest absolute Gasteiger partial charge is 0.0717 e. The molecule has 0 spiro atoms. The second-order valence-corrected chi connectivity index (χ2v) is 6.40. The minimum Gasteiger partial charge on any atom is -0.377 e. The molecule has 0 saturated carbocycles. The van der Waals surface area contributed by atoms with Gasteiger partial charge in [0.1, 0.15) is 0 Å². The highest BCUT2D eigenvalue weighted by molar-refractivity contribution is 5.13. The van der Waals surface area contributed by atoms with Gasteiger partial charge in [-0.2, -0.15) is 0 Å². The Bertz CT molecular complexity index is 403. The van der Waals surface area contributed by atoms with Crippen LogP contribution in [0.25, 0.3) is 0 Å². The summed E-state index contributed by atoms with van der Waals surface area (Å²) in [6.45, 7) is 6.09. The molecule has 3 nitrogen and oxygen atoms in total. The standard InChI is InChI=1S/C18H27NO2/c1-2-6-16(7-3-1)14-20-15-17-9-10-19(12-17)13-18-8-4-5-11-21-18/h1-3,6-7,17-18H,4-5,8-15H2. The average molecular weight is 289 g/mol. The number of ether oxygens (including phenoxy) is 2. The fraction of sp³-hybridized carbons (Fsp3) is 0.667. The van der Waals surface area contributed by atoms with Gasteiger partial charge in [-0.3, -0.25) is 0 Å². The molecule has 2 heterocycles. The molecule has 0 aromatic heterocycles. The Kier molecular flexibility index (Phi) is 5.67. The van der Waals surface area contributed by atoms with E-state index in [0.717, 1.165) is 26.4 Å². The molecule has 2 atom stereocenters. The third-order valence-corrected chi connectivity index (χ3v) is 4.57. The first kappa shape index (κ1) is 15.0. The van der Waals surface area contributed by atoms with Gasteiger partial charge in [0.25, 0.3) is 0 Å². The molecule has 116 valence electrons. The van der Waals surface area contributed by atoms with Gasteiger partial charge in [0, 0.05) is 19.7 Å². The van der Waals surface area contributed by atoms with Crippen LogP contribution in [-0.4, -0.2) is 43.9 Å². The van der Waals surface area contributed by atoms with Gasteiger partial charge in [0.15, 0.2) is 0 Å². The van der Waals surface area contributed by atoms with Gasteiger partial charge in [0.05, 0.1) is 19.3 Å². The van der Waals surface area contributed by atoms with E-state index in [4.69, 9.17) is 9.47 Å². The lowest BCUT2D eigenvalue weighted by Gasteiger charge is -2.27. The van der Waals surface area contributed by atoms with Gasteiger partial charge in [-0.25, -0.2) is 0 Å². The van der Waals surface area contributed by atoms with Crippen molar-refractivity contribution in [2.45, 2.75) is 38.4 Å². The summed E-state index contributed by atoms with van der Waals surface area (Å²) < 4.78 is 11.7. The van der Waals surface area contributed by atoms with E-state index in [9.17, 15) is 0 Å². The van der Waals surface area contributed by atoms with Crippen molar-refractivity contribution in [1.82, 2.24) is 4.90 Å². The fourth-order valence-electron chi connectivity index (χ4n) is 3.37. The van der Waals surface area contributed by atoms with E-state index in [1.54, 1.807) is 0 Å². The molecule has 0 bridgehead atoms. The van der Waals surface area contributed by atoms with Crippen molar-refractivity contribution in [3.8, 4) is 0 Å². The Labute approximate surface area is 128 Å². The van der Waals surface area contributed by atoms with Crippen molar-refractivity contribution in [3.05, 3.63) is 35.9 Å². The van der Waals surface area contributed by atoms with Crippen molar-refractivity contribution >= 4 is 0 Å². The van der Waals surface area contributed by atoms with Gasteiger partial charge in [-0.1, -0.05) is 30.3 Å². The van der Waals surface area contributed by atoms with Crippen molar-refractivity contribution < 1.29 is 9.47 Å². The molecule has 2 aliphatic heterocycles. The topological polar surface area (TPSA) is 21.7 Å². The highest BCUT2D eigenvalue weighted by atomic mass is 16.5. The minimum absolute atomic E-state index is 0.475. The molecule has 0 N–H and O–H groups in total. The molecule has 2 aliphatic rings. The Hall–Kier alpha value is -0.900. The van der Waals surface area contributed by atoms with Gasteiger partial charge < -0.3 is 14.4 Å². The lowest BCUT2D eigenvalue weighted by Crippen LogP contribution is -2.34. The molecule has 3 rings (SSSR count). The second-order valence-electron chi connectivity index (χ2n) is 6.40. The SMILES string of the molecule is c1ccc(COCC2CCN(CC3CCCCO3)C2)cc1. The summed E-state index contributed by atoms with van der Waals surface area (Å²) in [6, 6.07) is 10.4. The van der Waals surface area contributed by atoms with Crippen LogP contribution in [0.4, 0.5) is 0 Å². The summed E-state index contributed by atoms with van der Waals surface area (Å²) in [7, 11) is 0. The lowest BCUT2D eigenvalue weighted by molar-refractivity contribution is -0.00333. The summed E-state index contributed by atoms with van der Waals surface area (Å²) in [6.07, 6.45) is 5.56. The van der Waals surface area contributed by atoms with Crippen molar-refractivity contribution in [2.75, 3.05) is 32.8 Å². The summed E-state index contributed by atoms with van der Waals surface area (Å²) in [5.74, 6) is 0.692. The molecule has 2 fully saturated rings. The molecule has 0 radical (unpaired) electrons. The fourth-order valence-corrected chi connectivity index (χ4v) is 3.37. The molecular weight excluding hydrogens is 262 g/mol. The third-order valence-electron chi connectivity index (χ3n) is 4.57. The van der Waals surface area contributed by atoms with Crippen molar-refractivity contribution in [1.29, 1.82) is 0 Å². The first-order chi connectivity index (χ1) is 10.4. The zero-order chi connectivity index (χ0) is 14.3. The zero-order valence-corrected chi connectivity index (χ0v) is 12.9. The molecule has 1 aromatic rings. The van der Waals surface area contributed by atoms with E-state index in [0.29, 0.717) is 12.0 Å². The maximum Gasteiger partial charge on any atom is 0.0717 e. The highest BCUT2D eigenvalue weighted by Crippen LogP contribution is 2.20.